The summed E-state index contributed by atoms with van der Waals surface area (Å²) in [6, 6.07) is 5.85. The molecule has 0 radical (unpaired) electrons. The van der Waals surface area contributed by atoms with Crippen molar-refractivity contribution in [3.05, 3.63) is 35.9 Å². The lowest BCUT2D eigenvalue weighted by molar-refractivity contribution is -0.336. The van der Waals surface area contributed by atoms with Gasteiger partial charge < -0.3 is 36.0 Å². The average molecular weight is 326 g/mol. The Morgan fingerprint density at radius 1 is 1.35 bits per heavy atom. The molecule has 1 aliphatic rings. The van der Waals surface area contributed by atoms with Gasteiger partial charge >= 0.3 is 0 Å². The fraction of sp³-hybridized carbons (Fsp3) is 0.400. The van der Waals surface area contributed by atoms with Gasteiger partial charge in [0.25, 0.3) is 0 Å². The molecule has 8 heteroatoms. The minimum atomic E-state index is -2.44. The van der Waals surface area contributed by atoms with E-state index >= 15 is 0 Å². The molecular weight excluding hydrogens is 306 g/mol. The lowest BCUT2D eigenvalue weighted by Gasteiger charge is -2.44. The maximum atomic E-state index is 11.3. The number of primary amides is 1. The third kappa shape index (κ3) is 3.52. The van der Waals surface area contributed by atoms with Crippen LogP contribution in [0, 0.1) is 0 Å². The monoisotopic (exact) mass is 326 g/mol. The van der Waals surface area contributed by atoms with Crippen molar-refractivity contribution in [2.24, 2.45) is 5.73 Å². The quantitative estimate of drug-likeness (QED) is 0.391. The highest BCUT2D eigenvalue weighted by Gasteiger charge is 2.53. The number of nitrogens with two attached hydrogens (primary N) is 1. The van der Waals surface area contributed by atoms with Gasteiger partial charge in [-0.2, -0.15) is 0 Å². The molecule has 1 saturated heterocycles. The van der Waals surface area contributed by atoms with Crippen LogP contribution in [-0.4, -0.2) is 61.6 Å². The van der Waals surface area contributed by atoms with Crippen LogP contribution in [0.4, 0.5) is 0 Å². The third-order valence-corrected chi connectivity index (χ3v) is 3.61. The van der Waals surface area contributed by atoms with Crippen molar-refractivity contribution in [1.82, 2.24) is 0 Å². The number of amides is 1. The molecule has 5 atom stereocenters. The number of phenolic OH excluding ortho intramolecular Hbond substituents is 1. The van der Waals surface area contributed by atoms with Crippen LogP contribution >= 0.6 is 0 Å². The molecule has 1 unspecified atom stereocenters. The van der Waals surface area contributed by atoms with Crippen LogP contribution in [0.25, 0.3) is 6.05 Å². The zero-order valence-corrected chi connectivity index (χ0v) is 12.0. The number of benzene rings is 1. The predicted molar refractivity (Wildman–Crippen MR) is 78.8 cm³/mol. The number of para-hydroxylation sites is 1. The molecular formula is C15H19NO7. The van der Waals surface area contributed by atoms with Gasteiger partial charge in [0.2, 0.25) is 5.91 Å². The van der Waals surface area contributed by atoms with Crippen LogP contribution in [-0.2, 0) is 9.53 Å². The zero-order valence-electron chi connectivity index (χ0n) is 13.0. The molecule has 0 saturated carbocycles. The summed E-state index contributed by atoms with van der Waals surface area (Å²) in [6.45, 7) is 0. The van der Waals surface area contributed by atoms with Crippen LogP contribution in [0.3, 0.4) is 0 Å². The van der Waals surface area contributed by atoms with E-state index in [2.05, 4.69) is 0 Å². The van der Waals surface area contributed by atoms with Gasteiger partial charge in [0.15, 0.2) is 11.9 Å². The molecule has 2 rings (SSSR count). The molecule has 0 spiro atoms. The summed E-state index contributed by atoms with van der Waals surface area (Å²) in [5.41, 5.74) is 5.22. The number of hydrogen-bond acceptors (Lipinski definition) is 7. The Hall–Kier alpha value is -1.97. The number of rotatable bonds is 4. The molecule has 0 aromatic heterocycles. The van der Waals surface area contributed by atoms with Crippen molar-refractivity contribution < 1.29 is 36.4 Å². The molecule has 8 nitrogen and oxygen atoms in total. The first-order valence-corrected chi connectivity index (χ1v) is 6.86. The second kappa shape index (κ2) is 6.65. The number of carbonyl (C=O) groups excluding carboxylic acids is 1. The highest BCUT2D eigenvalue weighted by Crippen LogP contribution is 2.31. The van der Waals surface area contributed by atoms with Crippen LogP contribution < -0.4 is 5.73 Å². The van der Waals surface area contributed by atoms with E-state index < -0.39 is 42.5 Å². The molecule has 1 amide bonds. The molecule has 1 aromatic carbocycles. The van der Waals surface area contributed by atoms with Crippen LogP contribution in [0.2, 0.25) is 0 Å². The van der Waals surface area contributed by atoms with Crippen molar-refractivity contribution in [3.63, 3.8) is 0 Å². The van der Waals surface area contributed by atoms with E-state index in [4.69, 9.17) is 11.8 Å². The predicted octanol–water partition coefficient (Wildman–Crippen LogP) is -1.55. The summed E-state index contributed by atoms with van der Waals surface area (Å²) in [5.74, 6) is -3.71. The molecule has 126 valence electrons. The zero-order chi connectivity index (χ0) is 18.1. The van der Waals surface area contributed by atoms with Gasteiger partial charge in [-0.1, -0.05) is 30.3 Å². The maximum Gasteiger partial charge on any atom is 0.249 e. The molecule has 1 aromatic rings. The van der Waals surface area contributed by atoms with E-state index in [1.54, 1.807) is 12.1 Å². The summed E-state index contributed by atoms with van der Waals surface area (Å²) in [5, 5.41) is 49.4. The minimum Gasteiger partial charge on any atom is -0.507 e. The summed E-state index contributed by atoms with van der Waals surface area (Å²) >= 11 is 0. The van der Waals surface area contributed by atoms with Crippen molar-refractivity contribution in [2.45, 2.75) is 36.6 Å². The lowest BCUT2D eigenvalue weighted by Crippen LogP contribution is -2.66. The number of phenols is 1. The normalized spacial score (nSPS) is 35.7. The molecule has 1 aliphatic heterocycles. The third-order valence-electron chi connectivity index (χ3n) is 3.61. The minimum absolute atomic E-state index is 0.152. The maximum absolute atomic E-state index is 11.3. The fourth-order valence-electron chi connectivity index (χ4n) is 2.29. The molecule has 0 bridgehead atoms. The van der Waals surface area contributed by atoms with Crippen molar-refractivity contribution in [2.75, 3.05) is 0 Å². The van der Waals surface area contributed by atoms with Gasteiger partial charge in [-0.05, 0) is 6.07 Å². The Kier molecular flexibility index (Phi) is 4.60. The van der Waals surface area contributed by atoms with Crippen LogP contribution in [0.15, 0.2) is 30.3 Å². The van der Waals surface area contributed by atoms with E-state index in [0.29, 0.717) is 0 Å². The molecule has 1 heterocycles. The van der Waals surface area contributed by atoms with E-state index in [-0.39, 0.29) is 17.4 Å². The van der Waals surface area contributed by atoms with Gasteiger partial charge in [0, 0.05) is 12.0 Å². The highest BCUT2D eigenvalue weighted by molar-refractivity contribution is 5.79. The second-order valence-electron chi connectivity index (χ2n) is 5.28. The Labute approximate surface area is 133 Å². The Balaban J connectivity index is 2.24. The van der Waals surface area contributed by atoms with Gasteiger partial charge in [-0.3, -0.25) is 4.79 Å². The molecule has 1 fully saturated rings. The standard InChI is InChI=1S/C15H19NO7/c16-14(21)12-10(18)11(19)13(20)15(22,23-12)7-3-5-8-4-1-2-6-9(8)17/h1-6,10-13,17-20,22H,7H2,(H2,16,21)/t10-,11-,12-,13+,15?/m0/s1/i5D. The average Bonchev–Trinajstić information content (AvgIpc) is 2.54. The summed E-state index contributed by atoms with van der Waals surface area (Å²) in [4.78, 5) is 11.3. The number of aromatic hydroxyl groups is 1. The van der Waals surface area contributed by atoms with Crippen molar-refractivity contribution >= 4 is 12.0 Å². The highest BCUT2D eigenvalue weighted by atomic mass is 16.7. The van der Waals surface area contributed by atoms with Crippen molar-refractivity contribution in [1.29, 1.82) is 0 Å². The number of ether oxygens (including phenoxy) is 1. The van der Waals surface area contributed by atoms with Gasteiger partial charge in [-0.15, -0.1) is 0 Å². The summed E-state index contributed by atoms with van der Waals surface area (Å²) in [6.07, 6.45) is -6.67. The van der Waals surface area contributed by atoms with Gasteiger partial charge in [0.1, 0.15) is 24.1 Å². The lowest BCUT2D eigenvalue weighted by atomic mass is 9.90. The van der Waals surface area contributed by atoms with E-state index in [0.717, 1.165) is 6.08 Å². The first-order chi connectivity index (χ1) is 11.2. The number of carbonyl (C=O) groups is 1. The first-order valence-electron chi connectivity index (χ1n) is 7.36. The second-order valence-corrected chi connectivity index (χ2v) is 5.28. The largest absolute Gasteiger partial charge is 0.507 e. The number of aliphatic hydroxyl groups is 4. The summed E-state index contributed by atoms with van der Waals surface area (Å²) in [7, 11) is 0. The number of aliphatic hydroxyl groups excluding tert-OH is 3. The van der Waals surface area contributed by atoms with Crippen LogP contribution in [0.5, 0.6) is 5.75 Å². The van der Waals surface area contributed by atoms with Gasteiger partial charge in [-0.25, -0.2) is 0 Å². The van der Waals surface area contributed by atoms with E-state index in [9.17, 15) is 30.3 Å². The Morgan fingerprint density at radius 3 is 2.61 bits per heavy atom. The van der Waals surface area contributed by atoms with Gasteiger partial charge in [0.05, 0.1) is 1.37 Å². The molecule has 0 aliphatic carbocycles. The van der Waals surface area contributed by atoms with E-state index in [1.165, 1.54) is 12.1 Å². The summed E-state index contributed by atoms with van der Waals surface area (Å²) < 4.78 is 12.9. The number of hydrogen-bond donors (Lipinski definition) is 6. The topological polar surface area (TPSA) is 153 Å². The van der Waals surface area contributed by atoms with Crippen LogP contribution in [0.1, 0.15) is 13.4 Å². The Bertz CT molecular complexity index is 652. The SMILES string of the molecule is [2H]C(=CCC1(O)O[C@H](C(N)=O)[C@@H](O)[C@H](O)[C@H]1O)c1ccccc1O. The van der Waals surface area contributed by atoms with Crippen molar-refractivity contribution in [3.8, 4) is 5.75 Å². The smallest absolute Gasteiger partial charge is 0.249 e. The fourth-order valence-corrected chi connectivity index (χ4v) is 2.29. The molecule has 7 N–H and O–H groups in total. The Morgan fingerprint density at radius 2 is 2.00 bits per heavy atom. The first kappa shape index (κ1) is 15.9. The van der Waals surface area contributed by atoms with E-state index in [1.807, 2.05) is 0 Å². The molecule has 23 heavy (non-hydrogen) atoms.